The third kappa shape index (κ3) is 2.13. The maximum Gasteiger partial charge on any atom is 0.137 e. The van der Waals surface area contributed by atoms with Gasteiger partial charge in [-0.1, -0.05) is 11.6 Å². The highest BCUT2D eigenvalue weighted by Gasteiger charge is 2.04. The zero-order valence-electron chi connectivity index (χ0n) is 9.47. The fourth-order valence-electron chi connectivity index (χ4n) is 1.75. The number of halogens is 1. The first kappa shape index (κ1) is 11.0. The summed E-state index contributed by atoms with van der Waals surface area (Å²) in [4.78, 5) is 11.7. The molecule has 3 nitrogen and oxygen atoms in total. The van der Waals surface area contributed by atoms with Crippen molar-refractivity contribution in [2.24, 2.45) is 0 Å². The SMILES string of the molecule is Clc1ccc(-c2ncc(-c3ccncc3)[nH]2)cc1. The van der Waals surface area contributed by atoms with E-state index in [1.54, 1.807) is 12.4 Å². The Bertz CT molecular complexity index is 644. The van der Waals surface area contributed by atoms with Crippen LogP contribution in [0.15, 0.2) is 55.0 Å². The number of nitrogens with zero attached hydrogens (tertiary/aromatic N) is 2. The molecule has 0 aliphatic rings. The summed E-state index contributed by atoms with van der Waals surface area (Å²) >= 11 is 5.86. The Morgan fingerprint density at radius 3 is 2.33 bits per heavy atom. The Balaban J connectivity index is 1.97. The average Bonchev–Trinajstić information content (AvgIpc) is 2.90. The summed E-state index contributed by atoms with van der Waals surface area (Å²) in [5.74, 6) is 0.832. The molecule has 2 aromatic heterocycles. The summed E-state index contributed by atoms with van der Waals surface area (Å²) < 4.78 is 0. The molecule has 0 fully saturated rings. The molecule has 0 amide bonds. The third-order valence-electron chi connectivity index (χ3n) is 2.68. The Morgan fingerprint density at radius 2 is 1.61 bits per heavy atom. The number of aromatic nitrogens is 3. The van der Waals surface area contributed by atoms with Gasteiger partial charge < -0.3 is 4.98 Å². The topological polar surface area (TPSA) is 41.6 Å². The van der Waals surface area contributed by atoms with Gasteiger partial charge in [0, 0.05) is 28.5 Å². The van der Waals surface area contributed by atoms with Gasteiger partial charge in [-0.05, 0) is 36.4 Å². The zero-order valence-corrected chi connectivity index (χ0v) is 10.2. The van der Waals surface area contributed by atoms with Gasteiger partial charge in [0.15, 0.2) is 0 Å². The van der Waals surface area contributed by atoms with Crippen molar-refractivity contribution in [3.63, 3.8) is 0 Å². The summed E-state index contributed by atoms with van der Waals surface area (Å²) in [6, 6.07) is 11.5. The van der Waals surface area contributed by atoms with Gasteiger partial charge in [0.05, 0.1) is 11.9 Å². The van der Waals surface area contributed by atoms with Crippen LogP contribution >= 0.6 is 11.6 Å². The van der Waals surface area contributed by atoms with Crippen LogP contribution in [0.1, 0.15) is 0 Å². The average molecular weight is 256 g/mol. The van der Waals surface area contributed by atoms with E-state index in [4.69, 9.17) is 11.6 Å². The molecule has 0 aliphatic carbocycles. The van der Waals surface area contributed by atoms with E-state index in [1.165, 1.54) is 0 Å². The van der Waals surface area contributed by atoms with Crippen molar-refractivity contribution >= 4 is 11.6 Å². The number of hydrogen-bond donors (Lipinski definition) is 1. The van der Waals surface area contributed by atoms with Crippen LogP contribution in [0.4, 0.5) is 0 Å². The molecular formula is C14H10ClN3. The second-order valence-corrected chi connectivity index (χ2v) is 4.32. The molecular weight excluding hydrogens is 246 g/mol. The van der Waals surface area contributed by atoms with E-state index in [9.17, 15) is 0 Å². The molecule has 0 spiro atoms. The van der Waals surface area contributed by atoms with E-state index in [0.717, 1.165) is 27.7 Å². The summed E-state index contributed by atoms with van der Waals surface area (Å²) in [5.41, 5.74) is 3.06. The summed E-state index contributed by atoms with van der Waals surface area (Å²) in [5, 5.41) is 0.722. The Kier molecular flexibility index (Phi) is 2.82. The predicted octanol–water partition coefficient (Wildman–Crippen LogP) is 3.79. The molecule has 0 aliphatic heterocycles. The van der Waals surface area contributed by atoms with Crippen LogP contribution in [0.2, 0.25) is 5.02 Å². The first-order chi connectivity index (χ1) is 8.83. The van der Waals surface area contributed by atoms with Crippen molar-refractivity contribution in [1.82, 2.24) is 15.0 Å². The number of nitrogens with one attached hydrogen (secondary N) is 1. The van der Waals surface area contributed by atoms with Crippen molar-refractivity contribution in [2.75, 3.05) is 0 Å². The maximum absolute atomic E-state index is 5.86. The van der Waals surface area contributed by atoms with Crippen molar-refractivity contribution in [3.05, 3.63) is 60.0 Å². The quantitative estimate of drug-likeness (QED) is 0.757. The van der Waals surface area contributed by atoms with Crippen LogP contribution < -0.4 is 0 Å². The lowest BCUT2D eigenvalue weighted by Gasteiger charge is -1.97. The number of aromatic amines is 1. The van der Waals surface area contributed by atoms with E-state index in [-0.39, 0.29) is 0 Å². The van der Waals surface area contributed by atoms with E-state index >= 15 is 0 Å². The largest absolute Gasteiger partial charge is 0.338 e. The van der Waals surface area contributed by atoms with Crippen molar-refractivity contribution < 1.29 is 0 Å². The van der Waals surface area contributed by atoms with Gasteiger partial charge in [0.2, 0.25) is 0 Å². The maximum atomic E-state index is 5.86. The fraction of sp³-hybridized carbons (Fsp3) is 0. The van der Waals surface area contributed by atoms with Crippen molar-refractivity contribution in [3.8, 4) is 22.6 Å². The first-order valence-electron chi connectivity index (χ1n) is 5.54. The molecule has 3 aromatic rings. The van der Waals surface area contributed by atoms with Gasteiger partial charge in [-0.25, -0.2) is 4.98 Å². The monoisotopic (exact) mass is 255 g/mol. The molecule has 0 saturated heterocycles. The number of pyridine rings is 1. The summed E-state index contributed by atoms with van der Waals surface area (Å²) in [6.45, 7) is 0. The van der Waals surface area contributed by atoms with Crippen molar-refractivity contribution in [2.45, 2.75) is 0 Å². The highest BCUT2D eigenvalue weighted by molar-refractivity contribution is 6.30. The van der Waals surface area contributed by atoms with Gasteiger partial charge >= 0.3 is 0 Å². The lowest BCUT2D eigenvalue weighted by molar-refractivity contribution is 1.30. The highest BCUT2D eigenvalue weighted by Crippen LogP contribution is 2.22. The molecule has 88 valence electrons. The molecule has 3 rings (SSSR count). The minimum Gasteiger partial charge on any atom is -0.338 e. The second-order valence-electron chi connectivity index (χ2n) is 3.89. The zero-order chi connectivity index (χ0) is 12.4. The molecule has 1 N–H and O–H groups in total. The Labute approximate surface area is 109 Å². The summed E-state index contributed by atoms with van der Waals surface area (Å²) in [6.07, 6.45) is 5.34. The standard InChI is InChI=1S/C14H10ClN3/c15-12-3-1-11(2-4-12)14-17-9-13(18-14)10-5-7-16-8-6-10/h1-9H,(H,17,18). The molecule has 18 heavy (non-hydrogen) atoms. The van der Waals surface area contributed by atoms with Gasteiger partial charge in [-0.2, -0.15) is 0 Å². The van der Waals surface area contributed by atoms with Gasteiger partial charge in [-0.15, -0.1) is 0 Å². The molecule has 0 bridgehead atoms. The predicted molar refractivity (Wildman–Crippen MR) is 72.3 cm³/mol. The Morgan fingerprint density at radius 1 is 0.889 bits per heavy atom. The number of hydrogen-bond acceptors (Lipinski definition) is 2. The van der Waals surface area contributed by atoms with Crippen molar-refractivity contribution in [1.29, 1.82) is 0 Å². The number of benzene rings is 1. The van der Waals surface area contributed by atoms with Gasteiger partial charge in [0.1, 0.15) is 5.82 Å². The van der Waals surface area contributed by atoms with Gasteiger partial charge in [0.25, 0.3) is 0 Å². The number of imidazole rings is 1. The van der Waals surface area contributed by atoms with E-state index < -0.39 is 0 Å². The van der Waals surface area contributed by atoms with Crippen LogP contribution in [-0.2, 0) is 0 Å². The van der Waals surface area contributed by atoms with Crippen LogP contribution in [0.5, 0.6) is 0 Å². The van der Waals surface area contributed by atoms with Crippen LogP contribution in [0, 0.1) is 0 Å². The number of H-pyrrole nitrogens is 1. The fourth-order valence-corrected chi connectivity index (χ4v) is 1.88. The molecule has 0 saturated carbocycles. The van der Waals surface area contributed by atoms with Crippen LogP contribution in [0.25, 0.3) is 22.6 Å². The smallest absolute Gasteiger partial charge is 0.137 e. The minimum absolute atomic E-state index is 0.722. The van der Waals surface area contributed by atoms with E-state index in [2.05, 4.69) is 15.0 Å². The first-order valence-corrected chi connectivity index (χ1v) is 5.92. The number of rotatable bonds is 2. The molecule has 0 unspecified atom stereocenters. The van der Waals surface area contributed by atoms with E-state index in [0.29, 0.717) is 0 Å². The molecule has 2 heterocycles. The Hall–Kier alpha value is -2.13. The molecule has 4 heteroatoms. The molecule has 0 radical (unpaired) electrons. The van der Waals surface area contributed by atoms with Crippen LogP contribution in [0.3, 0.4) is 0 Å². The minimum atomic E-state index is 0.722. The lowest BCUT2D eigenvalue weighted by Crippen LogP contribution is -1.81. The third-order valence-corrected chi connectivity index (χ3v) is 2.94. The normalized spacial score (nSPS) is 10.5. The lowest BCUT2D eigenvalue weighted by atomic mass is 10.2. The van der Waals surface area contributed by atoms with E-state index in [1.807, 2.05) is 42.6 Å². The highest BCUT2D eigenvalue weighted by atomic mass is 35.5. The van der Waals surface area contributed by atoms with Crippen LogP contribution in [-0.4, -0.2) is 15.0 Å². The summed E-state index contributed by atoms with van der Waals surface area (Å²) in [7, 11) is 0. The molecule has 0 atom stereocenters. The molecule has 1 aromatic carbocycles. The second kappa shape index (κ2) is 4.63. The van der Waals surface area contributed by atoms with Gasteiger partial charge in [-0.3, -0.25) is 4.98 Å².